The first-order chi connectivity index (χ1) is 9.69. The van der Waals surface area contributed by atoms with Crippen molar-refractivity contribution in [3.63, 3.8) is 0 Å². The summed E-state index contributed by atoms with van der Waals surface area (Å²) in [5.74, 6) is 0.639. The summed E-state index contributed by atoms with van der Waals surface area (Å²) < 4.78 is 0.740. The lowest BCUT2D eigenvalue weighted by Gasteiger charge is -2.22. The van der Waals surface area contributed by atoms with E-state index in [1.165, 1.54) is 12.8 Å². The largest absolute Gasteiger partial charge is 0.325 e. The van der Waals surface area contributed by atoms with Crippen LogP contribution in [0.5, 0.6) is 0 Å². The molecule has 0 saturated carbocycles. The van der Waals surface area contributed by atoms with E-state index in [4.69, 9.17) is 5.26 Å². The van der Waals surface area contributed by atoms with Crippen LogP contribution in [0.2, 0.25) is 0 Å². The van der Waals surface area contributed by atoms with Crippen LogP contribution >= 0.6 is 15.9 Å². The number of carbonyl (C=O) groups is 1. The van der Waals surface area contributed by atoms with E-state index >= 15 is 0 Å². The molecule has 0 bridgehead atoms. The van der Waals surface area contributed by atoms with E-state index < -0.39 is 0 Å². The molecule has 0 radical (unpaired) electrons. The minimum atomic E-state index is 0.0287. The van der Waals surface area contributed by atoms with Gasteiger partial charge in [0.15, 0.2) is 0 Å². The predicted octanol–water partition coefficient (Wildman–Crippen LogP) is 3.04. The summed E-state index contributed by atoms with van der Waals surface area (Å²) >= 11 is 3.37. The van der Waals surface area contributed by atoms with Crippen LogP contribution in [0.25, 0.3) is 0 Å². The van der Waals surface area contributed by atoms with Crippen molar-refractivity contribution < 1.29 is 4.79 Å². The van der Waals surface area contributed by atoms with Crippen molar-refractivity contribution in [2.75, 3.05) is 18.4 Å². The van der Waals surface area contributed by atoms with E-state index in [0.29, 0.717) is 17.9 Å². The van der Waals surface area contributed by atoms with Gasteiger partial charge < -0.3 is 10.6 Å². The normalized spacial score (nSPS) is 18.3. The molecule has 1 amide bonds. The van der Waals surface area contributed by atoms with Gasteiger partial charge in [0.1, 0.15) is 0 Å². The first-order valence-corrected chi connectivity index (χ1v) is 7.68. The molecule has 20 heavy (non-hydrogen) atoms. The molecule has 1 atom stereocenters. The van der Waals surface area contributed by atoms with Crippen molar-refractivity contribution in [1.29, 1.82) is 5.26 Å². The van der Waals surface area contributed by atoms with E-state index in [0.717, 1.165) is 29.7 Å². The van der Waals surface area contributed by atoms with Crippen LogP contribution in [0.15, 0.2) is 22.7 Å². The molecule has 0 spiro atoms. The first-order valence-electron chi connectivity index (χ1n) is 6.89. The Morgan fingerprint density at radius 1 is 1.55 bits per heavy atom. The highest BCUT2D eigenvalue weighted by Gasteiger charge is 2.15. The SMILES string of the molecule is N#Cc1ccc(NC(=O)CCC2CCCNC2)c(Br)c1. The number of rotatable bonds is 4. The highest BCUT2D eigenvalue weighted by molar-refractivity contribution is 9.10. The Morgan fingerprint density at radius 2 is 2.40 bits per heavy atom. The zero-order valence-electron chi connectivity index (χ0n) is 11.3. The highest BCUT2D eigenvalue weighted by Crippen LogP contribution is 2.24. The fourth-order valence-corrected chi connectivity index (χ4v) is 2.88. The van der Waals surface area contributed by atoms with Crippen LogP contribution in [0, 0.1) is 17.2 Å². The molecule has 1 aromatic carbocycles. The van der Waals surface area contributed by atoms with Crippen LogP contribution in [-0.4, -0.2) is 19.0 Å². The maximum absolute atomic E-state index is 11.9. The number of nitriles is 1. The Morgan fingerprint density at radius 3 is 3.05 bits per heavy atom. The lowest BCUT2D eigenvalue weighted by atomic mass is 9.94. The second-order valence-electron chi connectivity index (χ2n) is 5.11. The zero-order chi connectivity index (χ0) is 14.4. The summed E-state index contributed by atoms with van der Waals surface area (Å²) in [7, 11) is 0. The van der Waals surface area contributed by atoms with E-state index in [9.17, 15) is 4.79 Å². The summed E-state index contributed by atoms with van der Waals surface area (Å²) in [4.78, 5) is 11.9. The average molecular weight is 336 g/mol. The van der Waals surface area contributed by atoms with Gasteiger partial charge in [-0.1, -0.05) is 0 Å². The van der Waals surface area contributed by atoms with E-state index in [1.54, 1.807) is 18.2 Å². The molecule has 1 saturated heterocycles. The Balaban J connectivity index is 1.83. The van der Waals surface area contributed by atoms with Gasteiger partial charge in [0.2, 0.25) is 5.91 Å². The maximum atomic E-state index is 11.9. The van der Waals surface area contributed by atoms with Gasteiger partial charge in [-0.15, -0.1) is 0 Å². The van der Waals surface area contributed by atoms with Crippen molar-refractivity contribution in [1.82, 2.24) is 5.32 Å². The maximum Gasteiger partial charge on any atom is 0.224 e. The van der Waals surface area contributed by atoms with Gasteiger partial charge in [0.05, 0.1) is 17.3 Å². The van der Waals surface area contributed by atoms with Crippen molar-refractivity contribution >= 4 is 27.5 Å². The molecular formula is C15H18BrN3O. The number of anilines is 1. The third kappa shape index (κ3) is 4.32. The summed E-state index contributed by atoms with van der Waals surface area (Å²) in [5.41, 5.74) is 1.29. The number of benzene rings is 1. The lowest BCUT2D eigenvalue weighted by Crippen LogP contribution is -2.30. The van der Waals surface area contributed by atoms with Crippen LogP contribution in [-0.2, 0) is 4.79 Å². The number of carbonyl (C=O) groups excluding carboxylic acids is 1. The summed E-state index contributed by atoms with van der Waals surface area (Å²) in [6.07, 6.45) is 3.87. The minimum Gasteiger partial charge on any atom is -0.325 e. The smallest absolute Gasteiger partial charge is 0.224 e. The lowest BCUT2D eigenvalue weighted by molar-refractivity contribution is -0.116. The Bertz CT molecular complexity index is 518. The van der Waals surface area contributed by atoms with Gasteiger partial charge >= 0.3 is 0 Å². The van der Waals surface area contributed by atoms with Gasteiger partial charge in [0, 0.05) is 10.9 Å². The second kappa shape index (κ2) is 7.41. The molecule has 1 aliphatic rings. The number of amides is 1. The molecule has 106 valence electrons. The van der Waals surface area contributed by atoms with Crippen LogP contribution in [0.3, 0.4) is 0 Å². The standard InChI is InChI=1S/C15H18BrN3O/c16-13-8-12(9-17)3-5-14(13)19-15(20)6-4-11-2-1-7-18-10-11/h3,5,8,11,18H,1-2,4,6-7,10H2,(H,19,20). The van der Waals surface area contributed by atoms with Gasteiger partial charge in [-0.05, 0) is 72.4 Å². The fraction of sp³-hybridized carbons (Fsp3) is 0.467. The molecule has 1 unspecified atom stereocenters. The van der Waals surface area contributed by atoms with E-state index in [-0.39, 0.29) is 5.91 Å². The quantitative estimate of drug-likeness (QED) is 0.888. The van der Waals surface area contributed by atoms with Crippen LogP contribution in [0.1, 0.15) is 31.2 Å². The highest BCUT2D eigenvalue weighted by atomic mass is 79.9. The Labute approximate surface area is 127 Å². The molecule has 0 aliphatic carbocycles. The average Bonchev–Trinajstić information content (AvgIpc) is 2.48. The number of hydrogen-bond donors (Lipinski definition) is 2. The van der Waals surface area contributed by atoms with Crippen LogP contribution in [0.4, 0.5) is 5.69 Å². The second-order valence-corrected chi connectivity index (χ2v) is 5.96. The minimum absolute atomic E-state index is 0.0287. The van der Waals surface area contributed by atoms with Crippen molar-refractivity contribution in [2.24, 2.45) is 5.92 Å². The molecule has 2 rings (SSSR count). The van der Waals surface area contributed by atoms with Gasteiger partial charge in [-0.25, -0.2) is 0 Å². The number of nitrogens with zero attached hydrogens (tertiary/aromatic N) is 1. The fourth-order valence-electron chi connectivity index (χ4n) is 2.40. The number of nitrogens with one attached hydrogen (secondary N) is 2. The van der Waals surface area contributed by atoms with Gasteiger partial charge in [0.25, 0.3) is 0 Å². The molecule has 5 heteroatoms. The number of hydrogen-bond acceptors (Lipinski definition) is 3. The first kappa shape index (κ1) is 15.0. The molecule has 1 aromatic rings. The van der Waals surface area contributed by atoms with Crippen molar-refractivity contribution in [2.45, 2.75) is 25.7 Å². The monoisotopic (exact) mass is 335 g/mol. The summed E-state index contributed by atoms with van der Waals surface area (Å²) in [6.45, 7) is 2.12. The molecule has 1 fully saturated rings. The molecule has 4 nitrogen and oxygen atoms in total. The van der Waals surface area contributed by atoms with Crippen LogP contribution < -0.4 is 10.6 Å². The van der Waals surface area contributed by atoms with Gasteiger partial charge in [-0.2, -0.15) is 5.26 Å². The summed E-state index contributed by atoms with van der Waals surface area (Å²) in [5, 5.41) is 15.0. The zero-order valence-corrected chi connectivity index (χ0v) is 12.9. The topological polar surface area (TPSA) is 64.9 Å². The summed E-state index contributed by atoms with van der Waals surface area (Å²) in [6, 6.07) is 7.23. The molecule has 1 heterocycles. The number of halogens is 1. The van der Waals surface area contributed by atoms with Crippen molar-refractivity contribution in [3.8, 4) is 6.07 Å². The van der Waals surface area contributed by atoms with Gasteiger partial charge in [-0.3, -0.25) is 4.79 Å². The molecule has 2 N–H and O–H groups in total. The predicted molar refractivity (Wildman–Crippen MR) is 82.3 cm³/mol. The van der Waals surface area contributed by atoms with E-state index in [1.807, 2.05) is 0 Å². The van der Waals surface area contributed by atoms with E-state index in [2.05, 4.69) is 32.6 Å². The Kier molecular flexibility index (Phi) is 5.57. The molecular weight excluding hydrogens is 318 g/mol. The number of piperidine rings is 1. The Hall–Kier alpha value is -1.38. The molecule has 0 aromatic heterocycles. The third-order valence-electron chi connectivity index (χ3n) is 3.55. The third-order valence-corrected chi connectivity index (χ3v) is 4.21. The molecule has 1 aliphatic heterocycles. The van der Waals surface area contributed by atoms with Crippen molar-refractivity contribution in [3.05, 3.63) is 28.2 Å².